The van der Waals surface area contributed by atoms with Crippen LogP contribution in [0.5, 0.6) is 11.5 Å². The van der Waals surface area contributed by atoms with Gasteiger partial charge in [0.2, 0.25) is 0 Å². The van der Waals surface area contributed by atoms with E-state index >= 15 is 0 Å². The van der Waals surface area contributed by atoms with E-state index in [-0.39, 0.29) is 11.8 Å². The molecule has 0 heterocycles. The molecule has 0 aromatic heterocycles. The number of hydrogen-bond donors (Lipinski definition) is 2. The molecule has 0 aliphatic carbocycles. The topological polar surface area (TPSA) is 41.5 Å². The minimum Gasteiger partial charge on any atom is -0.508 e. The van der Waals surface area contributed by atoms with Crippen LogP contribution in [0.3, 0.4) is 0 Å². The van der Waals surface area contributed by atoms with Crippen molar-refractivity contribution in [2.45, 2.75) is 13.0 Å². The third-order valence-electron chi connectivity index (χ3n) is 2.93. The van der Waals surface area contributed by atoms with E-state index in [0.29, 0.717) is 5.02 Å². The van der Waals surface area contributed by atoms with E-state index in [1.54, 1.807) is 25.3 Å². The molecule has 0 bridgehead atoms. The Morgan fingerprint density at radius 2 is 1.84 bits per heavy atom. The lowest BCUT2D eigenvalue weighted by molar-refractivity contribution is 0.416. The second-order valence-electron chi connectivity index (χ2n) is 4.30. The van der Waals surface area contributed by atoms with Crippen LogP contribution in [0.15, 0.2) is 42.5 Å². The summed E-state index contributed by atoms with van der Waals surface area (Å²) in [4.78, 5) is 0. The first-order chi connectivity index (χ1) is 9.10. The fourth-order valence-corrected chi connectivity index (χ4v) is 2.04. The highest BCUT2D eigenvalue weighted by molar-refractivity contribution is 6.30. The van der Waals surface area contributed by atoms with Crippen LogP contribution in [-0.2, 0) is 0 Å². The van der Waals surface area contributed by atoms with Crippen molar-refractivity contribution in [2.75, 3.05) is 12.4 Å². The number of nitrogens with one attached hydrogen (secondary N) is 1. The number of ether oxygens (including phenoxy) is 1. The van der Waals surface area contributed by atoms with Crippen molar-refractivity contribution in [3.05, 3.63) is 53.1 Å². The average molecular weight is 278 g/mol. The van der Waals surface area contributed by atoms with Gasteiger partial charge in [-0.1, -0.05) is 23.7 Å². The molecule has 0 aliphatic heterocycles. The van der Waals surface area contributed by atoms with E-state index in [9.17, 15) is 5.11 Å². The first-order valence-corrected chi connectivity index (χ1v) is 6.37. The van der Waals surface area contributed by atoms with Crippen molar-refractivity contribution >= 4 is 17.3 Å². The lowest BCUT2D eigenvalue weighted by Gasteiger charge is -2.18. The molecule has 100 valence electrons. The Morgan fingerprint density at radius 1 is 1.16 bits per heavy atom. The lowest BCUT2D eigenvalue weighted by atomic mass is 10.1. The van der Waals surface area contributed by atoms with Gasteiger partial charge >= 0.3 is 0 Å². The molecule has 0 aliphatic rings. The number of phenolic OH excluding ortho intramolecular Hbond substituents is 1. The summed E-state index contributed by atoms with van der Waals surface area (Å²) >= 11 is 6.00. The van der Waals surface area contributed by atoms with Crippen molar-refractivity contribution in [2.24, 2.45) is 0 Å². The third kappa shape index (κ3) is 3.32. The molecule has 0 amide bonds. The molecule has 2 rings (SSSR count). The highest BCUT2D eigenvalue weighted by Crippen LogP contribution is 2.31. The second-order valence-corrected chi connectivity index (χ2v) is 4.74. The monoisotopic (exact) mass is 277 g/mol. The Bertz CT molecular complexity index is 555. The van der Waals surface area contributed by atoms with Crippen LogP contribution in [0, 0.1) is 0 Å². The Hall–Kier alpha value is -1.87. The van der Waals surface area contributed by atoms with E-state index in [2.05, 4.69) is 5.32 Å². The minimum absolute atomic E-state index is 0.0768. The Kier molecular flexibility index (Phi) is 4.17. The molecule has 2 N–H and O–H groups in total. The highest BCUT2D eigenvalue weighted by Gasteiger charge is 2.09. The van der Waals surface area contributed by atoms with E-state index in [1.165, 1.54) is 0 Å². The van der Waals surface area contributed by atoms with Crippen LogP contribution >= 0.6 is 11.6 Å². The van der Waals surface area contributed by atoms with Gasteiger partial charge in [0.15, 0.2) is 0 Å². The number of phenols is 1. The lowest BCUT2D eigenvalue weighted by Crippen LogP contribution is -2.07. The van der Waals surface area contributed by atoms with E-state index in [1.807, 2.05) is 31.2 Å². The summed E-state index contributed by atoms with van der Waals surface area (Å²) in [7, 11) is 1.62. The summed E-state index contributed by atoms with van der Waals surface area (Å²) in [6, 6.07) is 12.6. The largest absolute Gasteiger partial charge is 0.508 e. The van der Waals surface area contributed by atoms with Gasteiger partial charge in [-0.3, -0.25) is 0 Å². The zero-order chi connectivity index (χ0) is 13.8. The molecule has 0 saturated heterocycles. The van der Waals surface area contributed by atoms with Gasteiger partial charge in [-0.25, -0.2) is 0 Å². The van der Waals surface area contributed by atoms with Gasteiger partial charge in [-0.15, -0.1) is 0 Å². The Labute approximate surface area is 117 Å². The summed E-state index contributed by atoms with van der Waals surface area (Å²) in [5.74, 6) is 1.01. The normalized spacial score (nSPS) is 11.9. The van der Waals surface area contributed by atoms with Crippen molar-refractivity contribution in [1.29, 1.82) is 0 Å². The molecule has 19 heavy (non-hydrogen) atoms. The van der Waals surface area contributed by atoms with Crippen LogP contribution in [0.25, 0.3) is 0 Å². The van der Waals surface area contributed by atoms with Crippen LogP contribution in [-0.4, -0.2) is 12.2 Å². The Balaban J connectivity index is 2.20. The minimum atomic E-state index is 0.0768. The van der Waals surface area contributed by atoms with Crippen LogP contribution in [0.1, 0.15) is 18.5 Å². The summed E-state index contributed by atoms with van der Waals surface area (Å²) < 4.78 is 5.30. The molecule has 4 heteroatoms. The van der Waals surface area contributed by atoms with Gasteiger partial charge in [0.1, 0.15) is 11.5 Å². The molecule has 2 aromatic carbocycles. The summed E-state index contributed by atoms with van der Waals surface area (Å²) in [6.07, 6.45) is 0. The number of hydrogen-bond acceptors (Lipinski definition) is 3. The first-order valence-electron chi connectivity index (χ1n) is 5.99. The molecular weight excluding hydrogens is 262 g/mol. The fraction of sp³-hybridized carbons (Fsp3) is 0.200. The van der Waals surface area contributed by atoms with Gasteiger partial charge in [-0.05, 0) is 42.8 Å². The molecule has 0 saturated carbocycles. The third-order valence-corrected chi connectivity index (χ3v) is 3.16. The van der Waals surface area contributed by atoms with Crippen molar-refractivity contribution in [3.63, 3.8) is 0 Å². The molecule has 1 atom stereocenters. The average Bonchev–Trinajstić information content (AvgIpc) is 2.39. The number of aromatic hydroxyl groups is 1. The molecule has 2 aromatic rings. The first kappa shape index (κ1) is 13.6. The highest BCUT2D eigenvalue weighted by atomic mass is 35.5. The number of halogens is 1. The summed E-state index contributed by atoms with van der Waals surface area (Å²) in [5.41, 5.74) is 1.91. The quantitative estimate of drug-likeness (QED) is 0.879. The van der Waals surface area contributed by atoms with Crippen molar-refractivity contribution in [3.8, 4) is 11.5 Å². The van der Waals surface area contributed by atoms with Gasteiger partial charge < -0.3 is 15.2 Å². The molecule has 0 fully saturated rings. The summed E-state index contributed by atoms with van der Waals surface area (Å²) in [6.45, 7) is 2.03. The standard InChI is InChI=1S/C15H16ClNO2/c1-10(11-3-6-13(18)7-4-11)17-14-9-12(16)5-8-15(14)19-2/h3-10,17-18H,1-2H3. The molecule has 3 nitrogen and oxygen atoms in total. The fourth-order valence-electron chi connectivity index (χ4n) is 1.87. The summed E-state index contributed by atoms with van der Waals surface area (Å²) in [5, 5.41) is 13.3. The Morgan fingerprint density at radius 3 is 2.47 bits per heavy atom. The van der Waals surface area contributed by atoms with Gasteiger partial charge in [0.25, 0.3) is 0 Å². The second kappa shape index (κ2) is 5.85. The smallest absolute Gasteiger partial charge is 0.142 e. The van der Waals surface area contributed by atoms with E-state index < -0.39 is 0 Å². The number of rotatable bonds is 4. The molecule has 0 radical (unpaired) electrons. The molecule has 1 unspecified atom stereocenters. The maximum Gasteiger partial charge on any atom is 0.142 e. The van der Waals surface area contributed by atoms with E-state index in [4.69, 9.17) is 16.3 Å². The maximum atomic E-state index is 9.29. The SMILES string of the molecule is COc1ccc(Cl)cc1NC(C)c1ccc(O)cc1. The van der Waals surface area contributed by atoms with Gasteiger partial charge in [-0.2, -0.15) is 0 Å². The maximum absolute atomic E-state index is 9.29. The number of anilines is 1. The predicted octanol–water partition coefficient (Wildman–Crippen LogP) is 4.23. The van der Waals surface area contributed by atoms with Crippen molar-refractivity contribution in [1.82, 2.24) is 0 Å². The van der Waals surface area contributed by atoms with Crippen LogP contribution in [0.4, 0.5) is 5.69 Å². The van der Waals surface area contributed by atoms with E-state index in [0.717, 1.165) is 17.0 Å². The zero-order valence-electron chi connectivity index (χ0n) is 10.9. The zero-order valence-corrected chi connectivity index (χ0v) is 11.6. The van der Waals surface area contributed by atoms with Gasteiger partial charge in [0, 0.05) is 11.1 Å². The van der Waals surface area contributed by atoms with Crippen LogP contribution in [0.2, 0.25) is 5.02 Å². The van der Waals surface area contributed by atoms with Crippen molar-refractivity contribution < 1.29 is 9.84 Å². The predicted molar refractivity (Wildman–Crippen MR) is 78.1 cm³/mol. The molecular formula is C15H16ClNO2. The number of methoxy groups -OCH3 is 1. The number of benzene rings is 2. The van der Waals surface area contributed by atoms with Crippen LogP contribution < -0.4 is 10.1 Å². The molecule has 0 spiro atoms. The van der Waals surface area contributed by atoms with Gasteiger partial charge in [0.05, 0.1) is 12.8 Å².